The van der Waals surface area contributed by atoms with E-state index in [1.54, 1.807) is 0 Å². The number of benzene rings is 3. The van der Waals surface area contributed by atoms with Crippen LogP contribution in [0.15, 0.2) is 72.8 Å². The highest BCUT2D eigenvalue weighted by Gasteiger charge is 2.29. The zero-order valence-electron chi connectivity index (χ0n) is 24.5. The molecule has 1 amide bonds. The maximum absolute atomic E-state index is 13.1. The van der Waals surface area contributed by atoms with Crippen molar-refractivity contribution < 1.29 is 34.1 Å². The molecular weight excluding hydrogens is 546 g/mol. The van der Waals surface area contributed by atoms with Gasteiger partial charge < -0.3 is 25.0 Å². The number of ether oxygens (including phenoxy) is 2. The van der Waals surface area contributed by atoms with Gasteiger partial charge in [-0.15, -0.1) is 0 Å². The predicted octanol–water partition coefficient (Wildman–Crippen LogP) is 6.56. The molecule has 8 nitrogen and oxygen atoms in total. The molecular formula is C35H41NO7. The molecule has 8 heteroatoms. The summed E-state index contributed by atoms with van der Waals surface area (Å²) in [6.07, 6.45) is 8.18. The molecule has 228 valence electrons. The summed E-state index contributed by atoms with van der Waals surface area (Å²) in [6, 6.07) is 22.5. The van der Waals surface area contributed by atoms with E-state index in [-0.39, 0.29) is 17.2 Å². The molecule has 1 fully saturated rings. The van der Waals surface area contributed by atoms with Crippen LogP contribution in [0.3, 0.4) is 0 Å². The Morgan fingerprint density at radius 2 is 1.47 bits per heavy atom. The number of nitrogens with one attached hydrogen (secondary N) is 1. The number of unbranched alkanes of at least 4 members (excludes halogenated alkanes) is 2. The average Bonchev–Trinajstić information content (AvgIpc) is 3.02. The van der Waals surface area contributed by atoms with Crippen LogP contribution >= 0.6 is 0 Å². The molecule has 0 radical (unpaired) electrons. The molecule has 0 aliphatic heterocycles. The van der Waals surface area contributed by atoms with Crippen LogP contribution in [0.5, 0.6) is 11.5 Å². The summed E-state index contributed by atoms with van der Waals surface area (Å²) in [5, 5.41) is 21.7. The Morgan fingerprint density at radius 3 is 2.16 bits per heavy atom. The first-order valence-corrected chi connectivity index (χ1v) is 15.2. The molecule has 3 aromatic carbocycles. The number of aliphatic carboxylic acids is 1. The number of aromatic carboxylic acids is 1. The van der Waals surface area contributed by atoms with Crippen molar-refractivity contribution in [2.75, 3.05) is 13.2 Å². The third-order valence-corrected chi connectivity index (χ3v) is 7.84. The lowest BCUT2D eigenvalue weighted by molar-refractivity contribution is -0.143. The van der Waals surface area contributed by atoms with Crippen LogP contribution in [-0.4, -0.2) is 47.3 Å². The van der Waals surface area contributed by atoms with E-state index >= 15 is 0 Å². The number of amides is 1. The minimum atomic E-state index is -1.13. The molecule has 0 bridgehead atoms. The molecule has 0 spiro atoms. The smallest absolute Gasteiger partial charge is 0.335 e. The Labute approximate surface area is 253 Å². The van der Waals surface area contributed by atoms with Crippen LogP contribution in [0.2, 0.25) is 0 Å². The molecule has 2 unspecified atom stereocenters. The van der Waals surface area contributed by atoms with Gasteiger partial charge in [0.15, 0.2) is 0 Å². The van der Waals surface area contributed by atoms with Gasteiger partial charge in [0.2, 0.25) is 0 Å². The summed E-state index contributed by atoms with van der Waals surface area (Å²) in [5.74, 6) is -1.70. The lowest BCUT2D eigenvalue weighted by Gasteiger charge is -2.27. The fourth-order valence-electron chi connectivity index (χ4n) is 5.42. The summed E-state index contributed by atoms with van der Waals surface area (Å²) >= 11 is 0. The van der Waals surface area contributed by atoms with Gasteiger partial charge in [-0.05, 0) is 99.2 Å². The van der Waals surface area contributed by atoms with Crippen molar-refractivity contribution in [2.45, 2.75) is 70.3 Å². The molecule has 0 saturated heterocycles. The molecule has 1 aliphatic carbocycles. The Balaban J connectivity index is 1.20. The van der Waals surface area contributed by atoms with Gasteiger partial charge in [0.25, 0.3) is 5.91 Å². The highest BCUT2D eigenvalue weighted by atomic mass is 16.5. The van der Waals surface area contributed by atoms with Crippen LogP contribution in [-0.2, 0) is 17.6 Å². The zero-order chi connectivity index (χ0) is 30.4. The second-order valence-corrected chi connectivity index (χ2v) is 11.1. The van der Waals surface area contributed by atoms with E-state index in [2.05, 4.69) is 29.6 Å². The summed E-state index contributed by atoms with van der Waals surface area (Å²) in [7, 11) is 0. The number of carboxylic acid groups (broad SMARTS) is 2. The molecule has 4 rings (SSSR count). The number of carboxylic acids is 2. The summed E-state index contributed by atoms with van der Waals surface area (Å²) in [6.45, 7) is 1.10. The predicted molar refractivity (Wildman–Crippen MR) is 164 cm³/mol. The van der Waals surface area contributed by atoms with Gasteiger partial charge in [0, 0.05) is 6.04 Å². The average molecular weight is 588 g/mol. The Bertz CT molecular complexity index is 1340. The number of carbonyl (C=O) groups excluding carboxylic acids is 1. The molecule has 3 N–H and O–H groups in total. The second kappa shape index (κ2) is 16.3. The molecule has 3 aromatic rings. The monoisotopic (exact) mass is 587 g/mol. The normalized spacial score (nSPS) is 16.3. The van der Waals surface area contributed by atoms with Crippen LogP contribution in [0.1, 0.15) is 83.2 Å². The van der Waals surface area contributed by atoms with Crippen LogP contribution in [0.25, 0.3) is 0 Å². The number of para-hydroxylation sites is 1. The first kappa shape index (κ1) is 31.6. The topological polar surface area (TPSA) is 122 Å². The van der Waals surface area contributed by atoms with Gasteiger partial charge in [-0.2, -0.15) is 0 Å². The van der Waals surface area contributed by atoms with Crippen molar-refractivity contribution in [1.82, 2.24) is 5.32 Å². The van der Waals surface area contributed by atoms with Crippen molar-refractivity contribution in [3.8, 4) is 11.5 Å². The van der Waals surface area contributed by atoms with Crippen molar-refractivity contribution in [2.24, 2.45) is 5.92 Å². The van der Waals surface area contributed by atoms with E-state index in [1.807, 2.05) is 30.3 Å². The fraction of sp³-hybridized carbons (Fsp3) is 0.400. The van der Waals surface area contributed by atoms with E-state index in [0.717, 1.165) is 50.9 Å². The van der Waals surface area contributed by atoms with Crippen molar-refractivity contribution in [3.63, 3.8) is 0 Å². The molecule has 2 atom stereocenters. The van der Waals surface area contributed by atoms with Gasteiger partial charge in [-0.1, -0.05) is 48.9 Å². The van der Waals surface area contributed by atoms with Crippen molar-refractivity contribution >= 4 is 17.8 Å². The first-order chi connectivity index (χ1) is 20.9. The highest BCUT2D eigenvalue weighted by molar-refractivity contribution is 6.00. The Kier molecular flexibility index (Phi) is 12.0. The molecule has 0 aromatic heterocycles. The standard InChI is InChI=1S/C35H41NO7/c37-33(36-29-12-7-11-27(23-29)34(38)39)31-24-28(35(40)41)19-20-32(31)43-22-8-10-26-17-15-25(16-18-26)9-3-2-6-21-42-30-13-4-1-5-14-30/h1,4-5,13-20,24,27,29H,2-3,6-12,21-23H2,(H,36,37)(H,38,39)(H,40,41). The number of hydrogen-bond donors (Lipinski definition) is 3. The van der Waals surface area contributed by atoms with Crippen LogP contribution < -0.4 is 14.8 Å². The maximum Gasteiger partial charge on any atom is 0.335 e. The lowest BCUT2D eigenvalue weighted by Crippen LogP contribution is -2.40. The van der Waals surface area contributed by atoms with Crippen LogP contribution in [0, 0.1) is 5.92 Å². The molecule has 43 heavy (non-hydrogen) atoms. The van der Waals surface area contributed by atoms with Gasteiger partial charge in [-0.25, -0.2) is 4.79 Å². The van der Waals surface area contributed by atoms with Gasteiger partial charge in [0.1, 0.15) is 11.5 Å². The van der Waals surface area contributed by atoms with Crippen molar-refractivity contribution in [3.05, 3.63) is 95.1 Å². The third-order valence-electron chi connectivity index (χ3n) is 7.84. The van der Waals surface area contributed by atoms with Gasteiger partial charge in [-0.3, -0.25) is 9.59 Å². The van der Waals surface area contributed by atoms with Gasteiger partial charge in [0.05, 0.1) is 30.3 Å². The third kappa shape index (κ3) is 10.2. The maximum atomic E-state index is 13.1. The molecule has 1 saturated carbocycles. The quantitative estimate of drug-likeness (QED) is 0.162. The van der Waals surface area contributed by atoms with Crippen LogP contribution in [0.4, 0.5) is 0 Å². The first-order valence-electron chi connectivity index (χ1n) is 15.2. The highest BCUT2D eigenvalue weighted by Crippen LogP contribution is 2.26. The Hall–Kier alpha value is -4.33. The van der Waals surface area contributed by atoms with E-state index in [9.17, 15) is 24.6 Å². The van der Waals surface area contributed by atoms with E-state index in [4.69, 9.17) is 9.47 Å². The number of aryl methyl sites for hydroxylation is 2. The largest absolute Gasteiger partial charge is 0.494 e. The fourth-order valence-corrected chi connectivity index (χ4v) is 5.42. The lowest BCUT2D eigenvalue weighted by atomic mass is 9.85. The van der Waals surface area contributed by atoms with Crippen molar-refractivity contribution in [1.29, 1.82) is 0 Å². The number of carbonyl (C=O) groups is 3. The van der Waals surface area contributed by atoms with E-state index in [0.29, 0.717) is 38.0 Å². The summed E-state index contributed by atoms with van der Waals surface area (Å²) in [4.78, 5) is 36.1. The zero-order valence-corrected chi connectivity index (χ0v) is 24.5. The minimum absolute atomic E-state index is 0.00911. The number of hydrogen-bond acceptors (Lipinski definition) is 5. The summed E-state index contributed by atoms with van der Waals surface area (Å²) < 4.78 is 11.7. The Morgan fingerprint density at radius 1 is 0.767 bits per heavy atom. The van der Waals surface area contributed by atoms with E-state index in [1.165, 1.54) is 29.3 Å². The summed E-state index contributed by atoms with van der Waals surface area (Å²) in [5.41, 5.74) is 2.65. The van der Waals surface area contributed by atoms with Gasteiger partial charge >= 0.3 is 11.9 Å². The molecule has 1 aliphatic rings. The minimum Gasteiger partial charge on any atom is -0.494 e. The molecule has 0 heterocycles. The number of rotatable bonds is 16. The SMILES string of the molecule is O=C(O)c1ccc(OCCCc2ccc(CCCCCOc3ccccc3)cc2)c(C(=O)NC2CCCC(C(=O)O)C2)c1. The van der Waals surface area contributed by atoms with E-state index < -0.39 is 23.8 Å². The second-order valence-electron chi connectivity index (χ2n) is 11.1.